The molecule has 5 fully saturated rings. The van der Waals surface area contributed by atoms with Crippen LogP contribution in [0.15, 0.2) is 0 Å². The second-order valence-corrected chi connectivity index (χ2v) is 17.7. The minimum atomic E-state index is -5.48. The predicted octanol–water partition coefficient (Wildman–Crippen LogP) is -12.8. The standard InChI is InChI=1S/C30H48N2O33S2/c33-1-3-16(60-29-14(42)9(37)10(38)20(64-29)23(44)45)7(35)6(32-67(54,55)56)28(58-3)63-19-12(40)15(43)30(65-22(19)25(48)49)61-17-4(2-34)57-27(5(8(17)36)31-66(51,52)53)62-18-11(39)13(41)26(50)59-21(18)24(46)47/h3-22,26-43,50H,1-2H2,(H,44,45)(H,46,47)(H,48,49)(H,51,52,53)(H,54,55,56)/t3-,4-,5-,6-,7-,8-,9+,10+,11-,12-,13-,14-,15-,16-,17-,18+,19+,20+,21-,22-,26-,27-,28-,29-,30-/m1/s1. The van der Waals surface area contributed by atoms with Crippen LogP contribution in [-0.2, 0) is 77.6 Å². The lowest BCUT2D eigenvalue weighted by Crippen LogP contribution is -2.70. The van der Waals surface area contributed by atoms with Gasteiger partial charge in [0.2, 0.25) is 0 Å². The highest BCUT2D eigenvalue weighted by atomic mass is 32.2. The van der Waals surface area contributed by atoms with E-state index >= 15 is 0 Å². The van der Waals surface area contributed by atoms with Crippen LogP contribution >= 0.6 is 0 Å². The molecule has 5 aliphatic rings. The van der Waals surface area contributed by atoms with Crippen molar-refractivity contribution in [2.45, 2.75) is 153 Å². The Morgan fingerprint density at radius 1 is 0.418 bits per heavy atom. The van der Waals surface area contributed by atoms with Crippen molar-refractivity contribution in [3.8, 4) is 0 Å². The number of nitrogens with one attached hydrogen (secondary N) is 2. The van der Waals surface area contributed by atoms with E-state index in [1.165, 1.54) is 9.44 Å². The molecule has 5 heterocycles. The zero-order valence-corrected chi connectivity index (χ0v) is 34.9. The van der Waals surface area contributed by atoms with Crippen LogP contribution in [0.3, 0.4) is 0 Å². The number of hydrogen-bond acceptors (Lipinski definition) is 28. The van der Waals surface area contributed by atoms with Crippen LogP contribution in [0.4, 0.5) is 0 Å². The van der Waals surface area contributed by atoms with Crippen LogP contribution in [0.25, 0.3) is 0 Å². The summed E-state index contributed by atoms with van der Waals surface area (Å²) in [6.07, 6.45) is -54.1. The Labute approximate surface area is 373 Å². The molecule has 19 N–H and O–H groups in total. The van der Waals surface area contributed by atoms with Gasteiger partial charge in [0.25, 0.3) is 0 Å². The molecule has 35 nitrogen and oxygen atoms in total. The van der Waals surface area contributed by atoms with E-state index < -0.39 is 205 Å². The van der Waals surface area contributed by atoms with E-state index in [1.54, 1.807) is 0 Å². The van der Waals surface area contributed by atoms with E-state index in [-0.39, 0.29) is 0 Å². The summed E-state index contributed by atoms with van der Waals surface area (Å²) in [4.78, 5) is 36.0. The van der Waals surface area contributed by atoms with Crippen molar-refractivity contribution in [2.75, 3.05) is 13.2 Å². The van der Waals surface area contributed by atoms with Crippen LogP contribution in [-0.4, -0.2) is 287 Å². The average molecular weight is 1030 g/mol. The number of rotatable bonds is 17. The van der Waals surface area contributed by atoms with Gasteiger partial charge in [0, 0.05) is 0 Å². The molecule has 67 heavy (non-hydrogen) atoms. The van der Waals surface area contributed by atoms with Crippen molar-refractivity contribution in [3.05, 3.63) is 0 Å². The first-order valence-electron chi connectivity index (χ1n) is 19.1. The molecule has 5 rings (SSSR count). The molecule has 37 heteroatoms. The molecule has 0 saturated carbocycles. The summed E-state index contributed by atoms with van der Waals surface area (Å²) in [6, 6.07) is -4.83. The Kier molecular flexibility index (Phi) is 17.9. The monoisotopic (exact) mass is 1030 g/mol. The van der Waals surface area contributed by atoms with Crippen molar-refractivity contribution in [1.29, 1.82) is 0 Å². The number of aliphatic hydroxyl groups excluding tert-OH is 12. The van der Waals surface area contributed by atoms with Gasteiger partial charge in [-0.15, -0.1) is 0 Å². The molecule has 0 aromatic carbocycles. The van der Waals surface area contributed by atoms with E-state index in [4.69, 9.17) is 42.6 Å². The third-order valence-corrected chi connectivity index (χ3v) is 12.0. The van der Waals surface area contributed by atoms with E-state index in [2.05, 4.69) is 0 Å². The first kappa shape index (κ1) is 55.2. The molecular weight excluding hydrogens is 980 g/mol. The van der Waals surface area contributed by atoms with Gasteiger partial charge in [-0.25, -0.2) is 14.4 Å². The van der Waals surface area contributed by atoms with Gasteiger partial charge in [0.05, 0.1) is 13.2 Å². The largest absolute Gasteiger partial charge is 0.479 e. The zero-order chi connectivity index (χ0) is 50.4. The molecule has 0 radical (unpaired) electrons. The molecule has 5 saturated heterocycles. The first-order chi connectivity index (χ1) is 31.0. The molecule has 0 unspecified atom stereocenters. The number of carboxylic acids is 3. The van der Waals surface area contributed by atoms with Gasteiger partial charge in [-0.3, -0.25) is 9.11 Å². The lowest BCUT2D eigenvalue weighted by atomic mass is 9.94. The fourth-order valence-electron chi connectivity index (χ4n) is 7.58. The summed E-state index contributed by atoms with van der Waals surface area (Å²) in [5.74, 6) is -5.93. The summed E-state index contributed by atoms with van der Waals surface area (Å²) >= 11 is 0. The molecule has 0 aliphatic carbocycles. The third kappa shape index (κ3) is 12.3. The van der Waals surface area contributed by atoms with Crippen LogP contribution in [0.5, 0.6) is 0 Å². The van der Waals surface area contributed by atoms with Crippen LogP contribution in [0.2, 0.25) is 0 Å². The quantitative estimate of drug-likeness (QED) is 0.0602. The van der Waals surface area contributed by atoms with E-state index in [1.807, 2.05) is 0 Å². The summed E-state index contributed by atoms with van der Waals surface area (Å²) < 4.78 is 118. The van der Waals surface area contributed by atoms with Crippen LogP contribution in [0, 0.1) is 0 Å². The van der Waals surface area contributed by atoms with Gasteiger partial charge in [-0.2, -0.15) is 26.3 Å². The molecule has 0 aromatic heterocycles. The Bertz CT molecular complexity index is 1950. The first-order valence-corrected chi connectivity index (χ1v) is 22.0. The Balaban J connectivity index is 1.38. The maximum Gasteiger partial charge on any atom is 0.335 e. The topological polar surface area (TPSA) is 571 Å². The zero-order valence-electron chi connectivity index (χ0n) is 33.3. The highest BCUT2D eigenvalue weighted by Crippen LogP contribution is 2.36. The third-order valence-electron chi connectivity index (χ3n) is 10.8. The van der Waals surface area contributed by atoms with Crippen molar-refractivity contribution in [2.24, 2.45) is 0 Å². The fourth-order valence-corrected chi connectivity index (χ4v) is 8.77. The maximum absolute atomic E-state index is 12.6. The predicted molar refractivity (Wildman–Crippen MR) is 193 cm³/mol. The van der Waals surface area contributed by atoms with Gasteiger partial charge in [0.15, 0.2) is 49.8 Å². The molecule has 25 atom stereocenters. The number of carboxylic acid groups (broad SMARTS) is 3. The lowest BCUT2D eigenvalue weighted by Gasteiger charge is -2.49. The van der Waals surface area contributed by atoms with E-state index in [0.717, 1.165) is 0 Å². The molecular formula is C30H48N2O33S2. The van der Waals surface area contributed by atoms with E-state index in [0.29, 0.717) is 0 Å². The summed E-state index contributed by atoms with van der Waals surface area (Å²) in [6.45, 7) is -2.56. The Morgan fingerprint density at radius 3 is 1.13 bits per heavy atom. The molecule has 388 valence electrons. The smallest absolute Gasteiger partial charge is 0.335 e. The number of hydrogen-bond donors (Lipinski definition) is 19. The minimum Gasteiger partial charge on any atom is -0.479 e. The normalized spacial score (nSPS) is 46.7. The second-order valence-electron chi connectivity index (χ2n) is 15.3. The van der Waals surface area contributed by atoms with Gasteiger partial charge < -0.3 is 119 Å². The number of ether oxygens (including phenoxy) is 9. The van der Waals surface area contributed by atoms with Crippen LogP contribution < -0.4 is 9.44 Å². The van der Waals surface area contributed by atoms with Crippen molar-refractivity contribution in [3.63, 3.8) is 0 Å². The van der Waals surface area contributed by atoms with Gasteiger partial charge in [0.1, 0.15) is 104 Å². The SMILES string of the molecule is O=C(O)[C@H]1O[C@@H](O[C@H]2[C@H](O)[C@@H](NS(=O)(=O)O)[C@@H](O[C@H]3[C@H](O)[C@@H](O)[C@H](O[C@H]4[C@H](O)[C@@H](NS(=O)(=O)O)[C@@H](O[C@H]5[C@H](O)[C@@H](O)[C@H](O)O[C@H]5C(=O)O)O[C@@H]4CO)O[C@H]3C(=O)O)O[C@@H]2CO)[C@H](O)[C@@H](O)[C@@H]1O. The number of aliphatic carboxylic acids is 3. The van der Waals surface area contributed by atoms with Crippen molar-refractivity contribution in [1.82, 2.24) is 9.44 Å². The second kappa shape index (κ2) is 21.7. The highest BCUT2D eigenvalue weighted by Gasteiger charge is 2.59. The number of aliphatic hydroxyl groups is 12. The molecule has 0 bridgehead atoms. The minimum absolute atomic E-state index is 1.27. The highest BCUT2D eigenvalue weighted by molar-refractivity contribution is 7.84. The van der Waals surface area contributed by atoms with Crippen LogP contribution in [0.1, 0.15) is 0 Å². The van der Waals surface area contributed by atoms with E-state index in [9.17, 15) is 117 Å². The van der Waals surface area contributed by atoms with Gasteiger partial charge in [-0.05, 0) is 0 Å². The van der Waals surface area contributed by atoms with Gasteiger partial charge in [-0.1, -0.05) is 0 Å². The van der Waals surface area contributed by atoms with Crippen molar-refractivity contribution < 1.29 is 160 Å². The molecule has 0 aromatic rings. The van der Waals surface area contributed by atoms with Gasteiger partial charge >= 0.3 is 38.5 Å². The Morgan fingerprint density at radius 2 is 0.761 bits per heavy atom. The average Bonchev–Trinajstić information content (AvgIpc) is 3.23. The fraction of sp³-hybridized carbons (Fsp3) is 0.900. The molecule has 0 spiro atoms. The van der Waals surface area contributed by atoms with Crippen molar-refractivity contribution >= 4 is 38.5 Å². The Hall–Kier alpha value is -2.69. The molecule has 0 amide bonds. The molecule has 5 aliphatic heterocycles. The lowest BCUT2D eigenvalue weighted by molar-refractivity contribution is -0.375. The summed E-state index contributed by atoms with van der Waals surface area (Å²) in [5.41, 5.74) is 0. The number of carbonyl (C=O) groups is 3. The maximum atomic E-state index is 12.6. The summed E-state index contributed by atoms with van der Waals surface area (Å²) in [7, 11) is -10.9. The summed E-state index contributed by atoms with van der Waals surface area (Å²) in [5, 5.41) is 155.